The van der Waals surface area contributed by atoms with Gasteiger partial charge < -0.3 is 9.90 Å². The largest absolute Gasteiger partial charge is 0.545 e. The zero-order chi connectivity index (χ0) is 18.1. The smallest absolute Gasteiger partial charge is 0.270 e. The molecule has 0 unspecified atom stereocenters. The van der Waals surface area contributed by atoms with Gasteiger partial charge in [-0.1, -0.05) is 24.3 Å². The van der Waals surface area contributed by atoms with Crippen molar-refractivity contribution >= 4 is 27.4 Å². The van der Waals surface area contributed by atoms with Crippen LogP contribution in [0.25, 0.3) is 0 Å². The van der Waals surface area contributed by atoms with E-state index in [2.05, 4.69) is 0 Å². The van der Waals surface area contributed by atoms with Crippen molar-refractivity contribution in [1.82, 2.24) is 0 Å². The zero-order valence-electron chi connectivity index (χ0n) is 12.8. The predicted octanol–water partition coefficient (Wildman–Crippen LogP) is 1.09. The number of para-hydroxylation sites is 1. The second-order valence-corrected chi connectivity index (χ2v) is 6.92. The standard InChI is InChI=1S/C15H14N2O6S/c1-10-7-8-11(17(20)21)9-14(10)24(22,23)16(2)13-6-4-3-5-12(13)15(18)19/h3-9H,1-2H3,(H,18,19)/p-1. The van der Waals surface area contributed by atoms with E-state index in [1.165, 1.54) is 50.4 Å². The summed E-state index contributed by atoms with van der Waals surface area (Å²) < 4.78 is 26.4. The molecule has 0 aliphatic rings. The van der Waals surface area contributed by atoms with Crippen molar-refractivity contribution in [2.45, 2.75) is 11.8 Å². The normalized spacial score (nSPS) is 11.1. The Morgan fingerprint density at radius 2 is 1.79 bits per heavy atom. The lowest BCUT2D eigenvalue weighted by atomic mass is 10.2. The summed E-state index contributed by atoms with van der Waals surface area (Å²) in [7, 11) is -3.02. The first-order valence-electron chi connectivity index (χ1n) is 6.70. The van der Waals surface area contributed by atoms with E-state index < -0.39 is 20.9 Å². The molecular weight excluding hydrogens is 336 g/mol. The molecule has 0 heterocycles. The highest BCUT2D eigenvalue weighted by molar-refractivity contribution is 7.92. The fourth-order valence-corrected chi connectivity index (χ4v) is 3.64. The summed E-state index contributed by atoms with van der Waals surface area (Å²) in [5.41, 5.74) is -0.464. The average molecular weight is 349 g/mol. The molecule has 0 aromatic heterocycles. The fraction of sp³-hybridized carbons (Fsp3) is 0.133. The second-order valence-electron chi connectivity index (χ2n) is 4.98. The number of carbonyl (C=O) groups is 1. The molecular formula is C15H13N2O6S-. The molecule has 0 amide bonds. The summed E-state index contributed by atoms with van der Waals surface area (Å²) in [5, 5.41) is 22.1. The summed E-state index contributed by atoms with van der Waals surface area (Å²) in [4.78, 5) is 21.1. The van der Waals surface area contributed by atoms with Gasteiger partial charge in [-0.25, -0.2) is 8.42 Å². The van der Waals surface area contributed by atoms with Gasteiger partial charge in [0.2, 0.25) is 0 Å². The molecule has 2 aromatic carbocycles. The lowest BCUT2D eigenvalue weighted by Gasteiger charge is -2.23. The molecule has 0 bridgehead atoms. The predicted molar refractivity (Wildman–Crippen MR) is 84.2 cm³/mol. The van der Waals surface area contributed by atoms with Crippen molar-refractivity contribution in [3.05, 3.63) is 63.7 Å². The van der Waals surface area contributed by atoms with Crippen LogP contribution in [0.5, 0.6) is 0 Å². The first-order chi connectivity index (χ1) is 11.2. The molecule has 0 atom stereocenters. The number of hydrogen-bond acceptors (Lipinski definition) is 6. The van der Waals surface area contributed by atoms with Crippen LogP contribution in [0.2, 0.25) is 0 Å². The first-order valence-corrected chi connectivity index (χ1v) is 8.14. The highest BCUT2D eigenvalue weighted by atomic mass is 32.2. The van der Waals surface area contributed by atoms with E-state index in [4.69, 9.17) is 0 Å². The molecule has 0 spiro atoms. The third kappa shape index (κ3) is 3.06. The number of non-ortho nitro benzene ring substituents is 1. The number of nitro benzene ring substituents is 1. The molecule has 9 heteroatoms. The Labute approximate surface area is 138 Å². The Morgan fingerprint density at radius 1 is 1.17 bits per heavy atom. The number of benzene rings is 2. The molecule has 0 N–H and O–H groups in total. The monoisotopic (exact) mass is 349 g/mol. The highest BCUT2D eigenvalue weighted by Crippen LogP contribution is 2.29. The van der Waals surface area contributed by atoms with E-state index in [1.807, 2.05) is 0 Å². The van der Waals surface area contributed by atoms with Gasteiger partial charge >= 0.3 is 0 Å². The summed E-state index contributed by atoms with van der Waals surface area (Å²) in [6, 6.07) is 8.92. The number of carboxylic acids is 1. The topological polar surface area (TPSA) is 121 Å². The Morgan fingerprint density at radius 3 is 2.38 bits per heavy atom. The van der Waals surface area contributed by atoms with Gasteiger partial charge in [0.1, 0.15) is 0 Å². The number of sulfonamides is 1. The maximum Gasteiger partial charge on any atom is 0.270 e. The van der Waals surface area contributed by atoms with E-state index >= 15 is 0 Å². The van der Waals surface area contributed by atoms with Crippen LogP contribution in [-0.4, -0.2) is 26.4 Å². The van der Waals surface area contributed by atoms with Crippen LogP contribution in [0.15, 0.2) is 47.4 Å². The maximum absolute atomic E-state index is 12.8. The minimum atomic E-state index is -4.20. The zero-order valence-corrected chi connectivity index (χ0v) is 13.6. The SMILES string of the molecule is Cc1ccc([N+](=O)[O-])cc1S(=O)(=O)N(C)c1ccccc1C(=O)[O-]. The van der Waals surface area contributed by atoms with E-state index in [0.717, 1.165) is 10.4 Å². The van der Waals surface area contributed by atoms with Crippen molar-refractivity contribution < 1.29 is 23.2 Å². The van der Waals surface area contributed by atoms with Gasteiger partial charge in [-0.15, -0.1) is 0 Å². The lowest BCUT2D eigenvalue weighted by Crippen LogP contribution is -2.31. The van der Waals surface area contributed by atoms with Crippen LogP contribution < -0.4 is 9.41 Å². The Bertz CT molecular complexity index is 923. The van der Waals surface area contributed by atoms with E-state index in [-0.39, 0.29) is 21.8 Å². The summed E-state index contributed by atoms with van der Waals surface area (Å²) in [6.07, 6.45) is 0. The Balaban J connectivity index is 2.62. The summed E-state index contributed by atoms with van der Waals surface area (Å²) in [6.45, 7) is 1.50. The number of carboxylic acid groups (broad SMARTS) is 1. The van der Waals surface area contributed by atoms with Gasteiger partial charge in [0.05, 0.1) is 21.5 Å². The van der Waals surface area contributed by atoms with Crippen molar-refractivity contribution in [3.63, 3.8) is 0 Å². The number of aromatic carboxylic acids is 1. The number of anilines is 1. The molecule has 2 rings (SSSR count). The van der Waals surface area contributed by atoms with Crippen molar-refractivity contribution in [2.24, 2.45) is 0 Å². The van der Waals surface area contributed by atoms with Gasteiger partial charge in [-0.05, 0) is 18.6 Å². The van der Waals surface area contributed by atoms with E-state index in [9.17, 15) is 28.4 Å². The molecule has 24 heavy (non-hydrogen) atoms. The van der Waals surface area contributed by atoms with Crippen LogP contribution in [0.4, 0.5) is 11.4 Å². The number of nitro groups is 1. The molecule has 2 aromatic rings. The van der Waals surface area contributed by atoms with Gasteiger partial charge in [0, 0.05) is 24.7 Å². The molecule has 0 aliphatic carbocycles. The summed E-state index contributed by atoms with van der Waals surface area (Å²) >= 11 is 0. The number of nitrogens with zero attached hydrogens (tertiary/aromatic N) is 2. The Kier molecular flexibility index (Phi) is 4.56. The number of hydrogen-bond donors (Lipinski definition) is 0. The van der Waals surface area contributed by atoms with Crippen LogP contribution >= 0.6 is 0 Å². The van der Waals surface area contributed by atoms with Gasteiger partial charge in [0.15, 0.2) is 0 Å². The Hall–Kier alpha value is -2.94. The maximum atomic E-state index is 12.8. The third-order valence-corrected chi connectivity index (χ3v) is 5.40. The number of carbonyl (C=O) groups excluding carboxylic acids is 1. The molecule has 0 radical (unpaired) electrons. The molecule has 0 fully saturated rings. The van der Waals surface area contributed by atoms with Gasteiger partial charge in [-0.2, -0.15) is 0 Å². The van der Waals surface area contributed by atoms with Crippen LogP contribution in [0.3, 0.4) is 0 Å². The van der Waals surface area contributed by atoms with E-state index in [0.29, 0.717) is 5.56 Å². The number of rotatable bonds is 5. The van der Waals surface area contributed by atoms with Crippen molar-refractivity contribution in [3.8, 4) is 0 Å². The highest BCUT2D eigenvalue weighted by Gasteiger charge is 2.27. The minimum absolute atomic E-state index is 0.0941. The van der Waals surface area contributed by atoms with Gasteiger partial charge in [0.25, 0.3) is 15.7 Å². The fourth-order valence-electron chi connectivity index (χ4n) is 2.18. The average Bonchev–Trinajstić information content (AvgIpc) is 2.54. The second kappa shape index (κ2) is 6.28. The quantitative estimate of drug-likeness (QED) is 0.588. The first kappa shape index (κ1) is 17.4. The molecule has 8 nitrogen and oxygen atoms in total. The lowest BCUT2D eigenvalue weighted by molar-refractivity contribution is -0.385. The van der Waals surface area contributed by atoms with Crippen LogP contribution in [0.1, 0.15) is 15.9 Å². The van der Waals surface area contributed by atoms with Crippen molar-refractivity contribution in [2.75, 3.05) is 11.4 Å². The van der Waals surface area contributed by atoms with E-state index in [1.54, 1.807) is 0 Å². The molecule has 0 aliphatic heterocycles. The molecule has 126 valence electrons. The summed E-state index contributed by atoms with van der Waals surface area (Å²) in [5.74, 6) is -1.52. The van der Waals surface area contributed by atoms with Gasteiger partial charge in [-0.3, -0.25) is 14.4 Å². The molecule has 0 saturated carbocycles. The number of aryl methyl sites for hydroxylation is 1. The van der Waals surface area contributed by atoms with Crippen LogP contribution in [0, 0.1) is 17.0 Å². The molecule has 0 saturated heterocycles. The minimum Gasteiger partial charge on any atom is -0.545 e. The van der Waals surface area contributed by atoms with Crippen molar-refractivity contribution in [1.29, 1.82) is 0 Å². The third-order valence-electron chi connectivity index (χ3n) is 3.48. The van der Waals surface area contributed by atoms with Crippen LogP contribution in [-0.2, 0) is 10.0 Å².